The lowest BCUT2D eigenvalue weighted by Gasteiger charge is -2.11. The third-order valence-corrected chi connectivity index (χ3v) is 5.07. The Kier molecular flexibility index (Phi) is 5.07. The minimum absolute atomic E-state index is 0.517. The molecular weight excluding hydrogens is 372 g/mol. The predicted molar refractivity (Wildman–Crippen MR) is 110 cm³/mol. The maximum atomic E-state index is 12.4. The highest BCUT2D eigenvalue weighted by atomic mass is 32.2. The molecule has 0 aliphatic heterocycles. The number of H-pyrrole nitrogens is 1. The molecule has 0 spiro atoms. The fraction of sp³-hybridized carbons (Fsp3) is 0. The molecule has 4 rings (SSSR count). The number of aromatic amines is 1. The second-order valence-corrected chi connectivity index (χ2v) is 7.07. The van der Waals surface area contributed by atoms with Gasteiger partial charge < -0.3 is 15.6 Å². The number of rotatable bonds is 4. The number of hydrogen-bond acceptors (Lipinski definition) is 4. The maximum absolute atomic E-state index is 12.4. The summed E-state index contributed by atoms with van der Waals surface area (Å²) in [5.41, 5.74) is 2.67. The lowest BCUT2D eigenvalue weighted by molar-refractivity contribution is -0.133. The van der Waals surface area contributed by atoms with Crippen molar-refractivity contribution in [2.24, 2.45) is 0 Å². The number of fused-ring (bicyclic) bond motifs is 1. The summed E-state index contributed by atoms with van der Waals surface area (Å²) >= 11 is 1.52. The highest BCUT2D eigenvalue weighted by molar-refractivity contribution is 7.99. The smallest absolute Gasteiger partial charge is 0.314 e. The number of hydrogen-bond donors (Lipinski definition) is 3. The molecule has 1 aromatic heterocycles. The van der Waals surface area contributed by atoms with Gasteiger partial charge in [-0.25, -0.2) is 4.98 Å². The van der Waals surface area contributed by atoms with Crippen molar-refractivity contribution in [2.75, 3.05) is 10.6 Å². The molecule has 0 aliphatic rings. The highest BCUT2D eigenvalue weighted by Crippen LogP contribution is 2.33. The molecule has 0 aliphatic carbocycles. The fourth-order valence-corrected chi connectivity index (χ4v) is 3.58. The molecule has 6 nitrogen and oxygen atoms in total. The highest BCUT2D eigenvalue weighted by Gasteiger charge is 2.16. The SMILES string of the molecule is O=C(Nc1ccc2nc[nH]c2c1)C(=O)Nc1ccccc1Sc1ccccc1. The van der Waals surface area contributed by atoms with Crippen LogP contribution in [0.15, 0.2) is 88.9 Å². The van der Waals surface area contributed by atoms with Crippen molar-refractivity contribution < 1.29 is 9.59 Å². The second-order valence-electron chi connectivity index (χ2n) is 5.95. The van der Waals surface area contributed by atoms with Crippen molar-refractivity contribution >= 4 is 46.0 Å². The van der Waals surface area contributed by atoms with Crippen LogP contribution in [-0.4, -0.2) is 21.8 Å². The van der Waals surface area contributed by atoms with Gasteiger partial charge in [-0.15, -0.1) is 0 Å². The number of carbonyl (C=O) groups is 2. The summed E-state index contributed by atoms with van der Waals surface area (Å²) in [6.07, 6.45) is 1.57. The Morgan fingerprint density at radius 3 is 2.46 bits per heavy atom. The first kappa shape index (κ1) is 17.8. The molecule has 0 saturated heterocycles. The maximum Gasteiger partial charge on any atom is 0.314 e. The summed E-state index contributed by atoms with van der Waals surface area (Å²) < 4.78 is 0. The van der Waals surface area contributed by atoms with Gasteiger partial charge in [0, 0.05) is 15.5 Å². The van der Waals surface area contributed by atoms with Crippen LogP contribution in [0.4, 0.5) is 11.4 Å². The minimum atomic E-state index is -0.738. The zero-order valence-corrected chi connectivity index (χ0v) is 15.5. The van der Waals surface area contributed by atoms with Gasteiger partial charge >= 0.3 is 11.8 Å². The molecule has 28 heavy (non-hydrogen) atoms. The molecule has 1 heterocycles. The van der Waals surface area contributed by atoms with E-state index in [1.807, 2.05) is 48.5 Å². The number of para-hydroxylation sites is 1. The summed E-state index contributed by atoms with van der Waals surface area (Å²) in [4.78, 5) is 33.7. The normalized spacial score (nSPS) is 10.6. The summed E-state index contributed by atoms with van der Waals surface area (Å²) in [5.74, 6) is -1.47. The Balaban J connectivity index is 1.46. The first-order valence-electron chi connectivity index (χ1n) is 8.56. The monoisotopic (exact) mass is 388 g/mol. The summed E-state index contributed by atoms with van der Waals surface area (Å²) in [7, 11) is 0. The first-order valence-corrected chi connectivity index (χ1v) is 9.38. The van der Waals surface area contributed by atoms with Crippen LogP contribution in [0, 0.1) is 0 Å². The number of benzene rings is 3. The van der Waals surface area contributed by atoms with Gasteiger partial charge in [-0.1, -0.05) is 42.1 Å². The molecule has 0 saturated carbocycles. The largest absolute Gasteiger partial charge is 0.345 e. The fourth-order valence-electron chi connectivity index (χ4n) is 2.65. The van der Waals surface area contributed by atoms with Crippen LogP contribution in [0.25, 0.3) is 11.0 Å². The van der Waals surface area contributed by atoms with Crippen molar-refractivity contribution in [1.82, 2.24) is 9.97 Å². The van der Waals surface area contributed by atoms with Gasteiger partial charge in [0.2, 0.25) is 0 Å². The van der Waals surface area contributed by atoms with Crippen molar-refractivity contribution in [1.29, 1.82) is 0 Å². The van der Waals surface area contributed by atoms with Crippen molar-refractivity contribution in [3.8, 4) is 0 Å². The van der Waals surface area contributed by atoms with E-state index >= 15 is 0 Å². The Hall–Kier alpha value is -3.58. The van der Waals surface area contributed by atoms with Gasteiger partial charge in [0.15, 0.2) is 0 Å². The van der Waals surface area contributed by atoms with Crippen LogP contribution in [0.2, 0.25) is 0 Å². The second kappa shape index (κ2) is 7.98. The van der Waals surface area contributed by atoms with Gasteiger partial charge in [-0.05, 0) is 42.5 Å². The Bertz CT molecular complexity index is 1140. The van der Waals surface area contributed by atoms with Crippen molar-refractivity contribution in [2.45, 2.75) is 9.79 Å². The minimum Gasteiger partial charge on any atom is -0.345 e. The number of anilines is 2. The Labute approximate surface area is 165 Å². The van der Waals surface area contributed by atoms with Crippen LogP contribution in [0.3, 0.4) is 0 Å². The number of aromatic nitrogens is 2. The molecular formula is C21H16N4O2S. The molecule has 7 heteroatoms. The van der Waals surface area contributed by atoms with E-state index in [0.717, 1.165) is 20.8 Å². The summed E-state index contributed by atoms with van der Waals surface area (Å²) in [5, 5.41) is 5.30. The average Bonchev–Trinajstić information content (AvgIpc) is 3.18. The average molecular weight is 388 g/mol. The number of carbonyl (C=O) groups excluding carboxylic acids is 2. The lowest BCUT2D eigenvalue weighted by Crippen LogP contribution is -2.29. The van der Waals surface area contributed by atoms with E-state index in [4.69, 9.17) is 0 Å². The van der Waals surface area contributed by atoms with E-state index in [0.29, 0.717) is 11.4 Å². The molecule has 2 amide bonds. The van der Waals surface area contributed by atoms with Crippen molar-refractivity contribution in [3.05, 3.63) is 79.1 Å². The van der Waals surface area contributed by atoms with E-state index < -0.39 is 11.8 Å². The first-order chi connectivity index (χ1) is 13.7. The lowest BCUT2D eigenvalue weighted by atomic mass is 10.2. The van der Waals surface area contributed by atoms with Crippen LogP contribution in [0.5, 0.6) is 0 Å². The zero-order valence-electron chi connectivity index (χ0n) is 14.7. The zero-order chi connectivity index (χ0) is 19.3. The van der Waals surface area contributed by atoms with E-state index in [1.54, 1.807) is 30.6 Å². The molecule has 3 aromatic carbocycles. The Morgan fingerprint density at radius 2 is 1.61 bits per heavy atom. The van der Waals surface area contributed by atoms with Crippen LogP contribution >= 0.6 is 11.8 Å². The van der Waals surface area contributed by atoms with Crippen LogP contribution in [-0.2, 0) is 9.59 Å². The number of nitrogens with zero attached hydrogens (tertiary/aromatic N) is 1. The number of nitrogens with one attached hydrogen (secondary N) is 3. The van der Waals surface area contributed by atoms with Gasteiger partial charge in [-0.3, -0.25) is 9.59 Å². The van der Waals surface area contributed by atoms with E-state index in [9.17, 15) is 9.59 Å². The summed E-state index contributed by atoms with van der Waals surface area (Å²) in [6, 6.07) is 22.4. The molecule has 0 radical (unpaired) electrons. The molecule has 0 fully saturated rings. The molecule has 0 bridgehead atoms. The molecule has 3 N–H and O–H groups in total. The molecule has 138 valence electrons. The quantitative estimate of drug-likeness (QED) is 0.455. The summed E-state index contributed by atoms with van der Waals surface area (Å²) in [6.45, 7) is 0. The van der Waals surface area contributed by atoms with E-state index in [2.05, 4.69) is 20.6 Å². The van der Waals surface area contributed by atoms with Gasteiger partial charge in [0.1, 0.15) is 0 Å². The van der Waals surface area contributed by atoms with E-state index in [-0.39, 0.29) is 0 Å². The molecule has 0 unspecified atom stereocenters. The van der Waals surface area contributed by atoms with E-state index in [1.165, 1.54) is 11.8 Å². The topological polar surface area (TPSA) is 86.9 Å². The third kappa shape index (κ3) is 4.05. The predicted octanol–water partition coefficient (Wildman–Crippen LogP) is 4.29. The van der Waals surface area contributed by atoms with Crippen LogP contribution < -0.4 is 10.6 Å². The van der Waals surface area contributed by atoms with Gasteiger partial charge in [0.25, 0.3) is 0 Å². The number of imidazole rings is 1. The third-order valence-electron chi connectivity index (χ3n) is 3.99. The standard InChI is InChI=1S/C21H16N4O2S/c26-20(24-14-10-11-16-18(12-14)23-13-22-16)21(27)25-17-8-4-5-9-19(17)28-15-6-2-1-3-7-15/h1-13H,(H,22,23)(H,24,26)(H,25,27). The van der Waals surface area contributed by atoms with Crippen LogP contribution in [0.1, 0.15) is 0 Å². The van der Waals surface area contributed by atoms with Gasteiger partial charge in [0.05, 0.1) is 23.0 Å². The number of amides is 2. The molecule has 0 atom stereocenters. The Morgan fingerprint density at radius 1 is 0.857 bits per heavy atom. The van der Waals surface area contributed by atoms with Gasteiger partial charge in [-0.2, -0.15) is 0 Å². The van der Waals surface area contributed by atoms with Crippen molar-refractivity contribution in [3.63, 3.8) is 0 Å². The molecule has 4 aromatic rings.